The molecule has 8 heteroatoms. The van der Waals surface area contributed by atoms with Gasteiger partial charge in [-0.15, -0.1) is 4.99 Å². The number of amides is 1. The summed E-state index contributed by atoms with van der Waals surface area (Å²) in [4.78, 5) is 24.4. The third kappa shape index (κ3) is 2.72. The van der Waals surface area contributed by atoms with E-state index in [1.165, 1.54) is 0 Å². The second-order valence-electron chi connectivity index (χ2n) is 6.68. The molecule has 1 saturated carbocycles. The second kappa shape index (κ2) is 6.21. The largest absolute Gasteiger partial charge is 0.373 e. The van der Waals surface area contributed by atoms with Crippen molar-refractivity contribution in [1.29, 1.82) is 0 Å². The normalized spacial score (nSPS) is 26.0. The van der Waals surface area contributed by atoms with Gasteiger partial charge in [0, 0.05) is 19.3 Å². The quantitative estimate of drug-likeness (QED) is 0.506. The van der Waals surface area contributed by atoms with Crippen molar-refractivity contribution in [2.24, 2.45) is 4.99 Å². The van der Waals surface area contributed by atoms with Crippen LogP contribution in [0.2, 0.25) is 0 Å². The van der Waals surface area contributed by atoms with Gasteiger partial charge in [0.2, 0.25) is 5.84 Å². The minimum absolute atomic E-state index is 0.108. The molecular weight excluding hydrogens is 320 g/mol. The van der Waals surface area contributed by atoms with Crippen LogP contribution < -0.4 is 15.5 Å². The molecule has 5 N–H and O–H groups in total. The van der Waals surface area contributed by atoms with Crippen molar-refractivity contribution < 1.29 is 20.1 Å². The Labute approximate surface area is 146 Å². The van der Waals surface area contributed by atoms with Crippen molar-refractivity contribution in [3.63, 3.8) is 0 Å². The van der Waals surface area contributed by atoms with E-state index in [-0.39, 0.29) is 11.9 Å². The summed E-state index contributed by atoms with van der Waals surface area (Å²) in [5.74, 6) is 2.06. The Hall–Kier alpha value is -2.29. The molecular formula is C17H24N6O2+2. The van der Waals surface area contributed by atoms with Crippen LogP contribution in [0.3, 0.4) is 0 Å². The minimum atomic E-state index is -0.847. The number of pyridine rings is 1. The highest BCUT2D eigenvalue weighted by molar-refractivity contribution is 6.00. The number of nitrogens with zero attached hydrogens (tertiary/aromatic N) is 3. The maximum Gasteiger partial charge on any atom is 0.323 e. The first-order valence-corrected chi connectivity index (χ1v) is 8.82. The number of quaternary nitrogens is 2. The Morgan fingerprint density at radius 2 is 2.24 bits per heavy atom. The Morgan fingerprint density at radius 1 is 1.44 bits per heavy atom. The van der Waals surface area contributed by atoms with Gasteiger partial charge in [0.1, 0.15) is 5.82 Å². The summed E-state index contributed by atoms with van der Waals surface area (Å²) in [5, 5.41) is 15.6. The molecule has 1 aliphatic carbocycles. The Morgan fingerprint density at radius 3 is 2.84 bits per heavy atom. The number of rotatable bonds is 5. The van der Waals surface area contributed by atoms with Gasteiger partial charge in [-0.2, -0.15) is 0 Å². The average molecular weight is 344 g/mol. The molecule has 1 aromatic heterocycles. The molecule has 2 atom stereocenters. The zero-order valence-electron chi connectivity index (χ0n) is 14.5. The number of hydrogen-bond donors (Lipinski definition) is 4. The molecule has 0 bridgehead atoms. The molecule has 2 aliphatic heterocycles. The molecule has 3 heterocycles. The summed E-state index contributed by atoms with van der Waals surface area (Å²) in [5.41, 5.74) is 1.47. The van der Waals surface area contributed by atoms with Crippen molar-refractivity contribution in [2.45, 2.75) is 38.6 Å². The first-order chi connectivity index (χ1) is 12.1. The van der Waals surface area contributed by atoms with E-state index in [9.17, 15) is 9.90 Å². The summed E-state index contributed by atoms with van der Waals surface area (Å²) < 4.78 is 0. The van der Waals surface area contributed by atoms with E-state index in [1.54, 1.807) is 11.1 Å². The standard InChI is InChI=1S/C17H22N6O2/c1-3-8-22-15-13(16(24)23(17(22)25)11-5-6-11)20-14(21-15)10-4-7-12(18-2)19-9-10/h4,7,9,11,17,25H,3,5-6,8H2,1-2H3,(H,18,19)(H,20,21)/p+2. The Balaban J connectivity index is 1.66. The number of nitrogens with two attached hydrogens (primary N) is 1. The molecule has 25 heavy (non-hydrogen) atoms. The fourth-order valence-corrected chi connectivity index (χ4v) is 3.44. The van der Waals surface area contributed by atoms with Gasteiger partial charge in [-0.25, -0.2) is 9.88 Å². The van der Waals surface area contributed by atoms with Crippen LogP contribution in [-0.4, -0.2) is 52.7 Å². The van der Waals surface area contributed by atoms with Crippen LogP contribution >= 0.6 is 0 Å². The summed E-state index contributed by atoms with van der Waals surface area (Å²) in [6.07, 6.45) is 3.74. The molecule has 3 aliphatic rings. The molecule has 0 aromatic carbocycles. The lowest BCUT2D eigenvalue weighted by Gasteiger charge is -2.34. The first kappa shape index (κ1) is 16.2. The molecule has 1 amide bonds. The Bertz CT molecular complexity index is 753. The third-order valence-corrected chi connectivity index (χ3v) is 4.89. The summed E-state index contributed by atoms with van der Waals surface area (Å²) in [7, 11) is 1.82. The molecule has 132 valence electrons. The molecule has 1 aromatic rings. The number of carbonyl (C=O) groups excluding carboxylic acids is 1. The number of hydrogen-bond acceptors (Lipinski definition) is 5. The van der Waals surface area contributed by atoms with E-state index in [0.717, 1.165) is 47.9 Å². The number of aromatic nitrogens is 1. The first-order valence-electron chi connectivity index (χ1n) is 8.82. The molecule has 2 unspecified atom stereocenters. The van der Waals surface area contributed by atoms with Crippen molar-refractivity contribution >= 4 is 17.6 Å². The van der Waals surface area contributed by atoms with E-state index >= 15 is 0 Å². The molecule has 4 rings (SSSR count). The number of aliphatic imine (C=N–C) groups is 1. The molecule has 0 spiro atoms. The SMILES string of the molecule is CCC[NH+]1C2=C([NH2+]C(c3ccc(NC)nc3)=N2)C(=O)N(C2CC2)C1O. The van der Waals surface area contributed by atoms with Gasteiger partial charge in [0.15, 0.2) is 0 Å². The number of nitrogens with one attached hydrogen (secondary N) is 2. The highest BCUT2D eigenvalue weighted by Crippen LogP contribution is 2.30. The zero-order chi connectivity index (χ0) is 17.6. The molecule has 8 nitrogen and oxygen atoms in total. The van der Waals surface area contributed by atoms with Gasteiger partial charge in [0.25, 0.3) is 12.0 Å². The van der Waals surface area contributed by atoms with Gasteiger partial charge in [-0.3, -0.25) is 15.0 Å². The van der Waals surface area contributed by atoms with Gasteiger partial charge < -0.3 is 10.4 Å². The average Bonchev–Trinajstić information content (AvgIpc) is 3.36. The highest BCUT2D eigenvalue weighted by atomic mass is 16.3. The van der Waals surface area contributed by atoms with E-state index in [4.69, 9.17) is 0 Å². The van der Waals surface area contributed by atoms with Gasteiger partial charge >= 0.3 is 11.7 Å². The molecule has 1 fully saturated rings. The van der Waals surface area contributed by atoms with Crippen LogP contribution in [0.4, 0.5) is 5.82 Å². The molecule has 0 saturated heterocycles. The lowest BCUT2D eigenvalue weighted by Crippen LogP contribution is -3.18. The fourth-order valence-electron chi connectivity index (χ4n) is 3.44. The van der Waals surface area contributed by atoms with Gasteiger partial charge in [0.05, 0.1) is 12.1 Å². The van der Waals surface area contributed by atoms with Crippen molar-refractivity contribution in [1.82, 2.24) is 9.88 Å². The molecule has 0 radical (unpaired) electrons. The maximum absolute atomic E-state index is 12.9. The highest BCUT2D eigenvalue weighted by Gasteiger charge is 2.53. The number of aliphatic hydroxyl groups is 1. The van der Waals surface area contributed by atoms with Crippen LogP contribution in [0.5, 0.6) is 0 Å². The van der Waals surface area contributed by atoms with Gasteiger partial charge in [-0.1, -0.05) is 6.92 Å². The van der Waals surface area contributed by atoms with Crippen LogP contribution in [0.25, 0.3) is 0 Å². The van der Waals surface area contributed by atoms with Crippen LogP contribution in [0.1, 0.15) is 31.7 Å². The van der Waals surface area contributed by atoms with E-state index in [2.05, 4.69) is 22.2 Å². The predicted octanol–water partition coefficient (Wildman–Crippen LogP) is -1.81. The number of amidine groups is 1. The van der Waals surface area contributed by atoms with E-state index in [0.29, 0.717) is 11.5 Å². The number of carbonyl (C=O) groups is 1. The third-order valence-electron chi connectivity index (χ3n) is 4.89. The lowest BCUT2D eigenvalue weighted by molar-refractivity contribution is -0.928. The summed E-state index contributed by atoms with van der Waals surface area (Å²) in [6, 6.07) is 3.98. The van der Waals surface area contributed by atoms with E-state index in [1.807, 2.05) is 24.5 Å². The van der Waals surface area contributed by atoms with E-state index < -0.39 is 6.35 Å². The zero-order valence-corrected chi connectivity index (χ0v) is 14.5. The smallest absolute Gasteiger partial charge is 0.323 e. The topological polar surface area (TPSA) is 98.9 Å². The number of aliphatic hydroxyl groups excluding tert-OH is 1. The lowest BCUT2D eigenvalue weighted by atomic mass is 10.2. The summed E-state index contributed by atoms with van der Waals surface area (Å²) in [6.45, 7) is 2.81. The number of anilines is 1. The fraction of sp³-hybridized carbons (Fsp3) is 0.471. The minimum Gasteiger partial charge on any atom is -0.373 e. The van der Waals surface area contributed by atoms with Gasteiger partial charge in [-0.05, 0) is 31.4 Å². The monoisotopic (exact) mass is 344 g/mol. The van der Waals surface area contributed by atoms with Crippen LogP contribution in [0, 0.1) is 0 Å². The second-order valence-corrected chi connectivity index (χ2v) is 6.68. The summed E-state index contributed by atoms with van der Waals surface area (Å²) >= 11 is 0. The van der Waals surface area contributed by atoms with Crippen LogP contribution in [0.15, 0.2) is 34.8 Å². The van der Waals surface area contributed by atoms with Crippen molar-refractivity contribution in [3.05, 3.63) is 35.4 Å². The van der Waals surface area contributed by atoms with Crippen molar-refractivity contribution in [2.75, 3.05) is 18.9 Å². The maximum atomic E-state index is 12.9. The predicted molar refractivity (Wildman–Crippen MR) is 91.3 cm³/mol. The van der Waals surface area contributed by atoms with Crippen LogP contribution in [-0.2, 0) is 4.79 Å². The Kier molecular flexibility index (Phi) is 4.03. The van der Waals surface area contributed by atoms with Crippen molar-refractivity contribution in [3.8, 4) is 0 Å².